The third kappa shape index (κ3) is 2.37. The molecular weight excluding hydrogens is 268 g/mol. The molecule has 3 heterocycles. The van der Waals surface area contributed by atoms with E-state index in [0.29, 0.717) is 16.7 Å². The molecule has 0 aliphatic carbocycles. The smallest absolute Gasteiger partial charge is 0.264 e. The Morgan fingerprint density at radius 3 is 2.86 bits per heavy atom. The van der Waals surface area contributed by atoms with E-state index in [2.05, 4.69) is 25.5 Å². The number of nitrogens with zero attached hydrogens (tertiary/aromatic N) is 4. The minimum atomic E-state index is -0.116. The number of H-pyrrole nitrogens is 1. The summed E-state index contributed by atoms with van der Waals surface area (Å²) >= 11 is 0. The van der Waals surface area contributed by atoms with E-state index in [9.17, 15) is 4.79 Å². The van der Waals surface area contributed by atoms with Gasteiger partial charge >= 0.3 is 0 Å². The fourth-order valence-electron chi connectivity index (χ4n) is 2.14. The highest BCUT2D eigenvalue weighted by Gasteiger charge is 2.14. The molecular formula is C14H16N6O. The third-order valence-electron chi connectivity index (χ3n) is 3.12. The van der Waals surface area contributed by atoms with Crippen LogP contribution < -0.4 is 10.9 Å². The number of hydrogen-bond acceptors (Lipinski definition) is 5. The molecule has 0 amide bonds. The molecule has 0 unspecified atom stereocenters. The summed E-state index contributed by atoms with van der Waals surface area (Å²) in [5.41, 5.74) is 2.08. The fraction of sp³-hybridized carbons (Fsp3) is 0.286. The van der Waals surface area contributed by atoms with E-state index in [1.165, 1.54) is 10.9 Å². The normalized spacial score (nSPS) is 11.2. The molecule has 7 nitrogen and oxygen atoms in total. The van der Waals surface area contributed by atoms with Crippen molar-refractivity contribution in [3.8, 4) is 11.3 Å². The lowest BCUT2D eigenvalue weighted by molar-refractivity contribution is 0.839. The monoisotopic (exact) mass is 284 g/mol. The third-order valence-corrected chi connectivity index (χ3v) is 3.12. The van der Waals surface area contributed by atoms with Crippen LogP contribution in [0.15, 0.2) is 29.6 Å². The molecule has 3 rings (SSSR count). The van der Waals surface area contributed by atoms with Gasteiger partial charge in [0.05, 0.1) is 23.7 Å². The van der Waals surface area contributed by atoms with Crippen molar-refractivity contribution in [3.63, 3.8) is 0 Å². The molecule has 0 radical (unpaired) electrons. The number of fused-ring (bicyclic) bond motifs is 1. The van der Waals surface area contributed by atoms with Crippen LogP contribution in [0.1, 0.15) is 13.8 Å². The van der Waals surface area contributed by atoms with Crippen molar-refractivity contribution >= 4 is 16.7 Å². The highest BCUT2D eigenvalue weighted by atomic mass is 16.1. The number of rotatable bonds is 3. The summed E-state index contributed by atoms with van der Waals surface area (Å²) < 4.78 is 1.45. The molecule has 0 aromatic carbocycles. The maximum atomic E-state index is 12.4. The second kappa shape index (κ2) is 5.01. The molecule has 0 saturated carbocycles. The first kappa shape index (κ1) is 13.3. The Labute approximate surface area is 121 Å². The molecule has 21 heavy (non-hydrogen) atoms. The Bertz CT molecular complexity index is 835. The maximum absolute atomic E-state index is 12.4. The number of aromatic nitrogens is 5. The summed E-state index contributed by atoms with van der Waals surface area (Å²) in [6.07, 6.45) is 4.96. The minimum Gasteiger partial charge on any atom is -0.367 e. The molecule has 0 aliphatic rings. The minimum absolute atomic E-state index is 0.116. The first-order chi connectivity index (χ1) is 10.1. The number of nitrogens with one attached hydrogen (secondary N) is 2. The topological polar surface area (TPSA) is 88.5 Å². The largest absolute Gasteiger partial charge is 0.367 e. The van der Waals surface area contributed by atoms with E-state index in [1.807, 2.05) is 13.8 Å². The Hall–Kier alpha value is -2.70. The van der Waals surface area contributed by atoms with Crippen molar-refractivity contribution in [2.45, 2.75) is 19.9 Å². The summed E-state index contributed by atoms with van der Waals surface area (Å²) in [5.74, 6) is 0.549. The predicted octanol–water partition coefficient (Wildman–Crippen LogP) is 1.54. The van der Waals surface area contributed by atoms with Crippen LogP contribution in [0.3, 0.4) is 0 Å². The lowest BCUT2D eigenvalue weighted by Gasteiger charge is -2.13. The molecule has 0 saturated heterocycles. The Balaban J connectivity index is 2.31. The van der Waals surface area contributed by atoms with Crippen LogP contribution in [0, 0.1) is 0 Å². The van der Waals surface area contributed by atoms with Gasteiger partial charge in [-0.3, -0.25) is 9.89 Å². The van der Waals surface area contributed by atoms with Gasteiger partial charge in [-0.05, 0) is 19.9 Å². The van der Waals surface area contributed by atoms with Crippen LogP contribution in [0.5, 0.6) is 0 Å². The lowest BCUT2D eigenvalue weighted by atomic mass is 10.2. The number of aryl methyl sites for hydroxylation is 1. The van der Waals surface area contributed by atoms with Gasteiger partial charge < -0.3 is 9.88 Å². The fourth-order valence-corrected chi connectivity index (χ4v) is 2.14. The molecule has 0 bridgehead atoms. The van der Waals surface area contributed by atoms with Gasteiger partial charge in [0.25, 0.3) is 5.56 Å². The van der Waals surface area contributed by atoms with Gasteiger partial charge in [0.15, 0.2) is 0 Å². The number of pyridine rings is 1. The van der Waals surface area contributed by atoms with E-state index >= 15 is 0 Å². The molecule has 2 N–H and O–H groups in total. The average Bonchev–Trinajstić information content (AvgIpc) is 2.96. The van der Waals surface area contributed by atoms with E-state index < -0.39 is 0 Å². The van der Waals surface area contributed by atoms with E-state index in [4.69, 9.17) is 0 Å². The lowest BCUT2D eigenvalue weighted by Crippen LogP contribution is -2.21. The van der Waals surface area contributed by atoms with Crippen molar-refractivity contribution in [1.82, 2.24) is 24.7 Å². The van der Waals surface area contributed by atoms with Crippen LogP contribution in [-0.2, 0) is 7.05 Å². The highest BCUT2D eigenvalue weighted by molar-refractivity contribution is 5.91. The van der Waals surface area contributed by atoms with Gasteiger partial charge in [-0.1, -0.05) is 0 Å². The van der Waals surface area contributed by atoms with E-state index in [-0.39, 0.29) is 11.6 Å². The quantitative estimate of drug-likeness (QED) is 0.761. The Morgan fingerprint density at radius 1 is 1.38 bits per heavy atom. The van der Waals surface area contributed by atoms with E-state index in [1.54, 1.807) is 25.5 Å². The Morgan fingerprint density at radius 2 is 2.19 bits per heavy atom. The first-order valence-electron chi connectivity index (χ1n) is 6.68. The molecule has 3 aromatic heterocycles. The maximum Gasteiger partial charge on any atom is 0.264 e. The molecule has 7 heteroatoms. The van der Waals surface area contributed by atoms with Crippen molar-refractivity contribution in [1.29, 1.82) is 0 Å². The summed E-state index contributed by atoms with van der Waals surface area (Å²) in [5, 5.41) is 10.4. The highest BCUT2D eigenvalue weighted by Crippen LogP contribution is 2.24. The van der Waals surface area contributed by atoms with Gasteiger partial charge in [-0.25, -0.2) is 9.97 Å². The van der Waals surface area contributed by atoms with Gasteiger partial charge in [0, 0.05) is 24.8 Å². The SMILES string of the molecule is CC(C)Nc1nc(-c2cn[nH]c2)cc2ncn(C)c(=O)c12. The second-order valence-corrected chi connectivity index (χ2v) is 5.20. The summed E-state index contributed by atoms with van der Waals surface area (Å²) in [4.78, 5) is 21.2. The van der Waals surface area contributed by atoms with Crippen molar-refractivity contribution < 1.29 is 0 Å². The number of anilines is 1. The number of aromatic amines is 1. The zero-order valence-electron chi connectivity index (χ0n) is 12.1. The van der Waals surface area contributed by atoms with Crippen LogP contribution in [0.4, 0.5) is 5.82 Å². The standard InChI is InChI=1S/C14H16N6O/c1-8(2)18-13-12-11(15-7-20(3)14(12)21)4-10(19-13)9-5-16-17-6-9/h4-8H,1-3H3,(H,16,17)(H,18,19). The van der Waals surface area contributed by atoms with Crippen molar-refractivity contribution in [2.24, 2.45) is 7.05 Å². The van der Waals surface area contributed by atoms with Crippen LogP contribution >= 0.6 is 0 Å². The predicted molar refractivity (Wildman–Crippen MR) is 81.1 cm³/mol. The summed E-state index contributed by atoms with van der Waals surface area (Å²) in [6, 6.07) is 1.96. The molecule has 3 aromatic rings. The molecule has 108 valence electrons. The molecule has 0 fully saturated rings. The van der Waals surface area contributed by atoms with Crippen LogP contribution in [0.2, 0.25) is 0 Å². The molecule has 0 spiro atoms. The van der Waals surface area contributed by atoms with Gasteiger partial charge in [0.2, 0.25) is 0 Å². The first-order valence-corrected chi connectivity index (χ1v) is 6.68. The van der Waals surface area contributed by atoms with Gasteiger partial charge in [0.1, 0.15) is 11.2 Å². The summed E-state index contributed by atoms with van der Waals surface area (Å²) in [7, 11) is 1.68. The Kier molecular flexibility index (Phi) is 3.17. The second-order valence-electron chi connectivity index (χ2n) is 5.20. The number of hydrogen-bond donors (Lipinski definition) is 2. The van der Waals surface area contributed by atoms with Gasteiger partial charge in [-0.15, -0.1) is 0 Å². The van der Waals surface area contributed by atoms with Gasteiger partial charge in [-0.2, -0.15) is 5.10 Å². The molecule has 0 aliphatic heterocycles. The van der Waals surface area contributed by atoms with Crippen molar-refractivity contribution in [3.05, 3.63) is 35.1 Å². The molecule has 0 atom stereocenters. The van der Waals surface area contributed by atoms with Crippen molar-refractivity contribution in [2.75, 3.05) is 5.32 Å². The van der Waals surface area contributed by atoms with E-state index in [0.717, 1.165) is 11.3 Å². The summed E-state index contributed by atoms with van der Waals surface area (Å²) in [6.45, 7) is 4.00. The zero-order chi connectivity index (χ0) is 15.0. The van der Waals surface area contributed by atoms with Crippen LogP contribution in [-0.4, -0.2) is 30.8 Å². The zero-order valence-corrected chi connectivity index (χ0v) is 12.1. The van der Waals surface area contributed by atoms with Crippen LogP contribution in [0.25, 0.3) is 22.2 Å². The average molecular weight is 284 g/mol.